The van der Waals surface area contributed by atoms with Crippen molar-refractivity contribution < 1.29 is 13.6 Å². The molecule has 3 nitrogen and oxygen atoms in total. The summed E-state index contributed by atoms with van der Waals surface area (Å²) in [6.07, 6.45) is -0.731. The maximum Gasteiger partial charge on any atom is 0.249 e. The summed E-state index contributed by atoms with van der Waals surface area (Å²) < 4.78 is 25.7. The van der Waals surface area contributed by atoms with E-state index in [0.717, 1.165) is 5.69 Å². The number of halogens is 3. The van der Waals surface area contributed by atoms with Crippen LogP contribution in [0.3, 0.4) is 0 Å². The molecule has 0 aromatic carbocycles. The lowest BCUT2D eigenvalue weighted by molar-refractivity contribution is -0.145. The number of hydrogen-bond acceptors (Lipinski definition) is 2. The minimum atomic E-state index is -2.68. The summed E-state index contributed by atoms with van der Waals surface area (Å²) in [5.74, 6) is -3.65. The Balaban J connectivity index is 2.00. The molecule has 1 N–H and O–H groups in total. The number of anilines is 1. The highest BCUT2D eigenvalue weighted by Crippen LogP contribution is 2.42. The summed E-state index contributed by atoms with van der Waals surface area (Å²) in [5.41, 5.74) is 1.32. The summed E-state index contributed by atoms with van der Waals surface area (Å²) in [4.78, 5) is 15.7. The van der Waals surface area contributed by atoms with Crippen molar-refractivity contribution in [1.82, 2.24) is 4.98 Å². The number of carbonyl (C=O) groups is 1. The lowest BCUT2D eigenvalue weighted by atomic mass is 9.81. The fraction of sp³-hybridized carbons (Fsp3) is 0.455. The van der Waals surface area contributed by atoms with Gasteiger partial charge in [0.2, 0.25) is 11.8 Å². The predicted octanol–water partition coefficient (Wildman–Crippen LogP) is 3.14. The summed E-state index contributed by atoms with van der Waals surface area (Å²) in [6, 6.07) is 3.44. The number of aryl methyl sites for hydroxylation is 1. The van der Waals surface area contributed by atoms with E-state index < -0.39 is 11.8 Å². The van der Waals surface area contributed by atoms with E-state index in [0.29, 0.717) is 10.3 Å². The minimum Gasteiger partial charge on any atom is -0.324 e. The molecule has 0 unspecified atom stereocenters. The highest BCUT2D eigenvalue weighted by atomic mass is 79.9. The van der Waals surface area contributed by atoms with Crippen molar-refractivity contribution in [1.29, 1.82) is 0 Å². The SMILES string of the molecule is Cc1ccc(NC(=O)C2CC(F)(F)C2)c(Br)n1. The van der Waals surface area contributed by atoms with Crippen molar-refractivity contribution in [3.8, 4) is 0 Å². The zero-order valence-corrected chi connectivity index (χ0v) is 10.7. The second-order valence-corrected chi connectivity index (χ2v) is 4.99. The molecule has 0 bridgehead atoms. The van der Waals surface area contributed by atoms with Crippen LogP contribution in [-0.4, -0.2) is 16.8 Å². The first-order valence-corrected chi connectivity index (χ1v) is 5.98. The minimum absolute atomic E-state index is 0.365. The molecule has 0 atom stereocenters. The highest BCUT2D eigenvalue weighted by Gasteiger charge is 2.48. The third-order valence-corrected chi connectivity index (χ3v) is 3.31. The van der Waals surface area contributed by atoms with Gasteiger partial charge in [0.1, 0.15) is 4.60 Å². The van der Waals surface area contributed by atoms with Gasteiger partial charge in [-0.1, -0.05) is 0 Å². The largest absolute Gasteiger partial charge is 0.324 e. The summed E-state index contributed by atoms with van der Waals surface area (Å²) in [6.45, 7) is 1.82. The van der Waals surface area contributed by atoms with Crippen molar-refractivity contribution in [3.63, 3.8) is 0 Å². The van der Waals surface area contributed by atoms with Gasteiger partial charge in [-0.05, 0) is 35.0 Å². The van der Waals surface area contributed by atoms with E-state index in [9.17, 15) is 13.6 Å². The van der Waals surface area contributed by atoms with Gasteiger partial charge in [-0.15, -0.1) is 0 Å². The van der Waals surface area contributed by atoms with E-state index in [1.54, 1.807) is 12.1 Å². The molecule has 17 heavy (non-hydrogen) atoms. The maximum absolute atomic E-state index is 12.6. The molecule has 0 spiro atoms. The first-order chi connectivity index (χ1) is 7.87. The standard InChI is InChI=1S/C11H11BrF2N2O/c1-6-2-3-8(9(12)15-6)16-10(17)7-4-11(13,14)5-7/h2-3,7H,4-5H2,1H3,(H,16,17). The third-order valence-electron chi connectivity index (χ3n) is 2.71. The van der Waals surface area contributed by atoms with Crippen LogP contribution in [0.15, 0.2) is 16.7 Å². The van der Waals surface area contributed by atoms with Gasteiger partial charge in [-0.25, -0.2) is 13.8 Å². The Morgan fingerprint density at radius 3 is 2.71 bits per heavy atom. The number of alkyl halides is 2. The van der Waals surface area contributed by atoms with Crippen LogP contribution in [0.4, 0.5) is 14.5 Å². The lowest BCUT2D eigenvalue weighted by Gasteiger charge is -2.33. The maximum atomic E-state index is 12.6. The monoisotopic (exact) mass is 304 g/mol. The first-order valence-electron chi connectivity index (χ1n) is 5.19. The Morgan fingerprint density at radius 1 is 1.53 bits per heavy atom. The molecule has 0 aliphatic heterocycles. The molecule has 2 rings (SSSR count). The molecule has 1 aromatic rings. The molecule has 1 amide bonds. The molecule has 1 saturated carbocycles. The zero-order valence-electron chi connectivity index (χ0n) is 9.14. The lowest BCUT2D eigenvalue weighted by Crippen LogP contribution is -2.42. The Labute approximate surface area is 106 Å². The Kier molecular flexibility index (Phi) is 3.16. The van der Waals surface area contributed by atoms with Crippen molar-refractivity contribution >= 4 is 27.5 Å². The Hall–Kier alpha value is -1.04. The number of nitrogens with zero attached hydrogens (tertiary/aromatic N) is 1. The van der Waals surface area contributed by atoms with Crippen LogP contribution in [0.5, 0.6) is 0 Å². The first kappa shape index (κ1) is 12.4. The van der Waals surface area contributed by atoms with E-state index in [2.05, 4.69) is 26.2 Å². The summed E-state index contributed by atoms with van der Waals surface area (Å²) >= 11 is 3.21. The van der Waals surface area contributed by atoms with E-state index in [1.165, 1.54) is 0 Å². The molecule has 0 radical (unpaired) electrons. The van der Waals surface area contributed by atoms with E-state index >= 15 is 0 Å². The van der Waals surface area contributed by atoms with E-state index in [-0.39, 0.29) is 18.7 Å². The van der Waals surface area contributed by atoms with E-state index in [1.807, 2.05) is 6.92 Å². The number of hydrogen-bond donors (Lipinski definition) is 1. The van der Waals surface area contributed by atoms with Gasteiger partial charge < -0.3 is 5.32 Å². The van der Waals surface area contributed by atoms with Crippen molar-refractivity contribution in [2.75, 3.05) is 5.32 Å². The fourth-order valence-corrected chi connectivity index (χ4v) is 2.21. The highest BCUT2D eigenvalue weighted by molar-refractivity contribution is 9.10. The normalized spacial score (nSPS) is 18.6. The van der Waals surface area contributed by atoms with E-state index in [4.69, 9.17) is 0 Å². The fourth-order valence-electron chi connectivity index (χ4n) is 1.70. The molecule has 6 heteroatoms. The molecule has 1 aromatic heterocycles. The smallest absolute Gasteiger partial charge is 0.249 e. The van der Waals surface area contributed by atoms with Crippen molar-refractivity contribution in [2.24, 2.45) is 5.92 Å². The molecule has 1 aliphatic carbocycles. The molecular weight excluding hydrogens is 294 g/mol. The quantitative estimate of drug-likeness (QED) is 0.853. The third kappa shape index (κ3) is 2.80. The van der Waals surface area contributed by atoms with Crippen LogP contribution in [0.25, 0.3) is 0 Å². The van der Waals surface area contributed by atoms with Crippen LogP contribution >= 0.6 is 15.9 Å². The number of nitrogens with one attached hydrogen (secondary N) is 1. The van der Waals surface area contributed by atoms with Gasteiger partial charge in [0, 0.05) is 24.5 Å². The molecule has 1 aliphatic rings. The number of pyridine rings is 1. The Bertz CT molecular complexity index is 457. The van der Waals surface area contributed by atoms with Crippen molar-refractivity contribution in [3.05, 3.63) is 22.4 Å². The average Bonchev–Trinajstić information content (AvgIpc) is 2.18. The second-order valence-electron chi connectivity index (χ2n) is 4.24. The molecule has 92 valence electrons. The topological polar surface area (TPSA) is 42.0 Å². The van der Waals surface area contributed by atoms with Gasteiger partial charge in [-0.2, -0.15) is 0 Å². The van der Waals surface area contributed by atoms with Crippen LogP contribution in [0.2, 0.25) is 0 Å². The van der Waals surface area contributed by atoms with Gasteiger partial charge >= 0.3 is 0 Å². The van der Waals surface area contributed by atoms with Gasteiger partial charge in [0.25, 0.3) is 0 Å². The van der Waals surface area contributed by atoms with Gasteiger partial charge in [0.15, 0.2) is 0 Å². The van der Waals surface area contributed by atoms with Gasteiger partial charge in [0.05, 0.1) is 5.69 Å². The molecule has 0 saturated heterocycles. The van der Waals surface area contributed by atoms with Crippen LogP contribution in [0.1, 0.15) is 18.5 Å². The van der Waals surface area contributed by atoms with Gasteiger partial charge in [-0.3, -0.25) is 4.79 Å². The molecule has 1 heterocycles. The van der Waals surface area contributed by atoms with Crippen LogP contribution in [0, 0.1) is 12.8 Å². The van der Waals surface area contributed by atoms with Crippen LogP contribution in [-0.2, 0) is 4.79 Å². The number of amides is 1. The molecular formula is C11H11BrF2N2O. The molecule has 1 fully saturated rings. The second kappa shape index (κ2) is 4.33. The summed E-state index contributed by atoms with van der Waals surface area (Å²) in [5, 5.41) is 2.60. The number of carbonyl (C=O) groups excluding carboxylic acids is 1. The average molecular weight is 305 g/mol. The Morgan fingerprint density at radius 2 is 2.18 bits per heavy atom. The van der Waals surface area contributed by atoms with Crippen LogP contribution < -0.4 is 5.32 Å². The zero-order chi connectivity index (χ0) is 12.6. The number of rotatable bonds is 2. The van der Waals surface area contributed by atoms with Crippen molar-refractivity contribution in [2.45, 2.75) is 25.7 Å². The number of aromatic nitrogens is 1. The summed E-state index contributed by atoms with van der Waals surface area (Å²) in [7, 11) is 0. The predicted molar refractivity (Wildman–Crippen MR) is 63.0 cm³/mol.